The SMILES string of the molecule is CC(C)(C)c1cc(Oc2cccc(N)c2)c(C(C)(C)C)c(Oc2cccc(N)c2)c1. The third kappa shape index (κ3) is 5.07. The van der Waals surface area contributed by atoms with Crippen molar-refractivity contribution in [2.75, 3.05) is 11.5 Å². The third-order valence-corrected chi connectivity index (χ3v) is 4.85. The van der Waals surface area contributed by atoms with Crippen molar-refractivity contribution in [1.29, 1.82) is 0 Å². The number of nitrogen functional groups attached to an aromatic ring is 2. The third-order valence-electron chi connectivity index (χ3n) is 4.85. The molecule has 0 radical (unpaired) electrons. The second-order valence-corrected chi connectivity index (χ2v) is 9.70. The molecule has 0 aliphatic rings. The molecule has 0 spiro atoms. The summed E-state index contributed by atoms with van der Waals surface area (Å²) in [6.45, 7) is 13.0. The second kappa shape index (κ2) is 7.94. The summed E-state index contributed by atoms with van der Waals surface area (Å²) in [5, 5.41) is 0. The van der Waals surface area contributed by atoms with Crippen molar-refractivity contribution in [3.8, 4) is 23.0 Å². The molecule has 0 saturated heterocycles. The van der Waals surface area contributed by atoms with Crippen LogP contribution in [0.3, 0.4) is 0 Å². The first-order chi connectivity index (χ1) is 13.9. The van der Waals surface area contributed by atoms with Gasteiger partial charge in [0.25, 0.3) is 0 Å². The summed E-state index contributed by atoms with van der Waals surface area (Å²) in [5.74, 6) is 2.92. The van der Waals surface area contributed by atoms with Gasteiger partial charge in [0.05, 0.1) is 0 Å². The molecule has 4 heteroatoms. The molecule has 0 aromatic heterocycles. The predicted octanol–water partition coefficient (Wildman–Crippen LogP) is 7.03. The molecule has 0 bridgehead atoms. The normalized spacial score (nSPS) is 11.9. The molecule has 30 heavy (non-hydrogen) atoms. The van der Waals surface area contributed by atoms with E-state index in [1.165, 1.54) is 0 Å². The molecular formula is C26H32N2O2. The first kappa shape index (κ1) is 21.6. The lowest BCUT2D eigenvalue weighted by atomic mass is 9.80. The van der Waals surface area contributed by atoms with Gasteiger partial charge in [-0.05, 0) is 52.8 Å². The van der Waals surface area contributed by atoms with Gasteiger partial charge in [0.2, 0.25) is 0 Å². The van der Waals surface area contributed by atoms with E-state index in [4.69, 9.17) is 20.9 Å². The lowest BCUT2D eigenvalue weighted by Gasteiger charge is -2.29. The van der Waals surface area contributed by atoms with Crippen LogP contribution in [0.25, 0.3) is 0 Å². The summed E-state index contributed by atoms with van der Waals surface area (Å²) in [7, 11) is 0. The highest BCUT2D eigenvalue weighted by Gasteiger charge is 2.28. The zero-order valence-electron chi connectivity index (χ0n) is 18.7. The first-order valence-electron chi connectivity index (χ1n) is 10.2. The van der Waals surface area contributed by atoms with Crippen molar-refractivity contribution in [3.05, 3.63) is 71.8 Å². The number of nitrogens with two attached hydrogens (primary N) is 2. The van der Waals surface area contributed by atoms with Gasteiger partial charge in [-0.1, -0.05) is 53.7 Å². The fourth-order valence-electron chi connectivity index (χ4n) is 3.33. The van der Waals surface area contributed by atoms with Gasteiger partial charge in [-0.25, -0.2) is 0 Å². The maximum Gasteiger partial charge on any atom is 0.135 e. The van der Waals surface area contributed by atoms with E-state index in [9.17, 15) is 0 Å². The Hall–Kier alpha value is -3.14. The van der Waals surface area contributed by atoms with Gasteiger partial charge in [0.1, 0.15) is 23.0 Å². The quantitative estimate of drug-likeness (QED) is 0.458. The van der Waals surface area contributed by atoms with Crippen LogP contribution in [0.15, 0.2) is 60.7 Å². The Morgan fingerprint density at radius 2 is 1.03 bits per heavy atom. The average molecular weight is 405 g/mol. The fourth-order valence-corrected chi connectivity index (χ4v) is 3.33. The summed E-state index contributed by atoms with van der Waals surface area (Å²) < 4.78 is 12.7. The molecule has 158 valence electrons. The van der Waals surface area contributed by atoms with Gasteiger partial charge in [0, 0.05) is 29.1 Å². The summed E-state index contributed by atoms with van der Waals surface area (Å²) in [4.78, 5) is 0. The highest BCUT2D eigenvalue weighted by atomic mass is 16.5. The first-order valence-corrected chi connectivity index (χ1v) is 10.2. The highest BCUT2D eigenvalue weighted by molar-refractivity contribution is 5.57. The van der Waals surface area contributed by atoms with Crippen LogP contribution in [0.2, 0.25) is 0 Å². The van der Waals surface area contributed by atoms with E-state index >= 15 is 0 Å². The van der Waals surface area contributed by atoms with Crippen LogP contribution in [0, 0.1) is 0 Å². The Balaban J connectivity index is 2.20. The molecule has 0 aliphatic carbocycles. The number of hydrogen-bond donors (Lipinski definition) is 2. The Kier molecular flexibility index (Phi) is 5.71. The molecule has 4 N–H and O–H groups in total. The van der Waals surface area contributed by atoms with Crippen molar-refractivity contribution in [3.63, 3.8) is 0 Å². The molecule has 0 unspecified atom stereocenters. The zero-order chi connectivity index (χ0) is 22.1. The van der Waals surface area contributed by atoms with E-state index in [-0.39, 0.29) is 10.8 Å². The van der Waals surface area contributed by atoms with Crippen molar-refractivity contribution < 1.29 is 9.47 Å². The van der Waals surface area contributed by atoms with E-state index in [1.807, 2.05) is 48.5 Å². The summed E-state index contributed by atoms with van der Waals surface area (Å²) in [5.41, 5.74) is 15.0. The molecular weight excluding hydrogens is 372 g/mol. The monoisotopic (exact) mass is 404 g/mol. The van der Waals surface area contributed by atoms with Crippen LogP contribution < -0.4 is 20.9 Å². The van der Waals surface area contributed by atoms with Crippen LogP contribution in [0.5, 0.6) is 23.0 Å². The number of rotatable bonds is 4. The van der Waals surface area contributed by atoms with Crippen LogP contribution in [-0.4, -0.2) is 0 Å². The van der Waals surface area contributed by atoms with E-state index in [1.54, 1.807) is 0 Å². The maximum atomic E-state index is 6.37. The van der Waals surface area contributed by atoms with E-state index < -0.39 is 0 Å². The zero-order valence-corrected chi connectivity index (χ0v) is 18.7. The maximum absolute atomic E-state index is 6.37. The second-order valence-electron chi connectivity index (χ2n) is 9.70. The Labute approximate surface area is 179 Å². The fraction of sp³-hybridized carbons (Fsp3) is 0.308. The minimum absolute atomic E-state index is 0.0853. The minimum Gasteiger partial charge on any atom is -0.457 e. The Bertz CT molecular complexity index is 975. The van der Waals surface area contributed by atoms with E-state index in [0.29, 0.717) is 22.9 Å². The van der Waals surface area contributed by atoms with Gasteiger partial charge in [-0.15, -0.1) is 0 Å². The van der Waals surface area contributed by atoms with Crippen molar-refractivity contribution in [2.45, 2.75) is 52.4 Å². The molecule has 0 aliphatic heterocycles. The summed E-state index contributed by atoms with van der Waals surface area (Å²) in [6.07, 6.45) is 0. The van der Waals surface area contributed by atoms with Gasteiger partial charge in [-0.2, -0.15) is 0 Å². The average Bonchev–Trinajstić information content (AvgIpc) is 2.59. The van der Waals surface area contributed by atoms with Crippen molar-refractivity contribution >= 4 is 11.4 Å². The molecule has 3 rings (SSSR count). The number of ether oxygens (including phenoxy) is 2. The van der Waals surface area contributed by atoms with Gasteiger partial charge >= 0.3 is 0 Å². The molecule has 3 aromatic rings. The smallest absolute Gasteiger partial charge is 0.135 e. The Morgan fingerprint density at radius 1 is 0.600 bits per heavy atom. The van der Waals surface area contributed by atoms with E-state index in [2.05, 4.69) is 53.7 Å². The van der Waals surface area contributed by atoms with Crippen molar-refractivity contribution in [2.24, 2.45) is 0 Å². The molecule has 0 saturated carbocycles. The number of hydrogen-bond acceptors (Lipinski definition) is 4. The summed E-state index contributed by atoms with van der Waals surface area (Å²) >= 11 is 0. The van der Waals surface area contributed by atoms with Crippen LogP contribution >= 0.6 is 0 Å². The largest absolute Gasteiger partial charge is 0.457 e. The Morgan fingerprint density at radius 3 is 1.37 bits per heavy atom. The summed E-state index contributed by atoms with van der Waals surface area (Å²) in [6, 6.07) is 19.2. The topological polar surface area (TPSA) is 70.5 Å². The number of benzene rings is 3. The highest BCUT2D eigenvalue weighted by Crippen LogP contribution is 2.45. The standard InChI is InChI=1S/C26H32N2O2/c1-25(2,3)17-13-22(29-20-11-7-9-18(27)15-20)24(26(4,5)6)23(14-17)30-21-12-8-10-19(28)16-21/h7-16H,27-28H2,1-6H3. The lowest BCUT2D eigenvalue weighted by Crippen LogP contribution is -2.17. The molecule has 0 fully saturated rings. The van der Waals surface area contributed by atoms with Crippen molar-refractivity contribution in [1.82, 2.24) is 0 Å². The molecule has 4 nitrogen and oxygen atoms in total. The molecule has 0 amide bonds. The molecule has 0 atom stereocenters. The molecule has 3 aromatic carbocycles. The molecule has 0 heterocycles. The van der Waals surface area contributed by atoms with Gasteiger partial charge < -0.3 is 20.9 Å². The van der Waals surface area contributed by atoms with Gasteiger partial charge in [0.15, 0.2) is 0 Å². The van der Waals surface area contributed by atoms with Gasteiger partial charge in [-0.3, -0.25) is 0 Å². The van der Waals surface area contributed by atoms with Crippen LogP contribution in [0.1, 0.15) is 52.7 Å². The van der Waals surface area contributed by atoms with Crippen LogP contribution in [-0.2, 0) is 10.8 Å². The predicted molar refractivity (Wildman–Crippen MR) is 126 cm³/mol. The van der Waals surface area contributed by atoms with E-state index in [0.717, 1.165) is 22.6 Å². The van der Waals surface area contributed by atoms with Crippen LogP contribution in [0.4, 0.5) is 11.4 Å². The number of anilines is 2. The minimum atomic E-state index is -0.221. The lowest BCUT2D eigenvalue weighted by molar-refractivity contribution is 0.417.